The summed E-state index contributed by atoms with van der Waals surface area (Å²) in [6.07, 6.45) is 5.01. The number of amides is 1. The predicted octanol–water partition coefficient (Wildman–Crippen LogP) is 2.62. The molecule has 0 radical (unpaired) electrons. The van der Waals surface area contributed by atoms with Gasteiger partial charge in [0.25, 0.3) is 0 Å². The zero-order chi connectivity index (χ0) is 18.4. The number of carbonyl (C=O) groups is 1. The van der Waals surface area contributed by atoms with Gasteiger partial charge in [-0.15, -0.1) is 0 Å². The first kappa shape index (κ1) is 17.0. The highest BCUT2D eigenvalue weighted by Crippen LogP contribution is 2.33. The second kappa shape index (κ2) is 6.79. The molecule has 0 spiro atoms. The molecule has 1 aromatic carbocycles. The first-order valence-electron chi connectivity index (χ1n) is 10.2. The fourth-order valence-electron chi connectivity index (χ4n) is 5.27. The van der Waals surface area contributed by atoms with Gasteiger partial charge in [-0.2, -0.15) is 0 Å². The van der Waals surface area contributed by atoms with Crippen LogP contribution in [0.2, 0.25) is 0 Å². The summed E-state index contributed by atoms with van der Waals surface area (Å²) in [5, 5.41) is 3.91. The van der Waals surface area contributed by atoms with Crippen molar-refractivity contribution in [3.05, 3.63) is 52.9 Å². The summed E-state index contributed by atoms with van der Waals surface area (Å²) < 4.78 is 5.27. The van der Waals surface area contributed by atoms with Crippen LogP contribution in [0.4, 0.5) is 0 Å². The van der Waals surface area contributed by atoms with Crippen LogP contribution in [0.3, 0.4) is 0 Å². The molecule has 2 bridgehead atoms. The highest BCUT2D eigenvalue weighted by Gasteiger charge is 2.40. The Labute approximate surface area is 160 Å². The van der Waals surface area contributed by atoms with E-state index in [0.29, 0.717) is 30.2 Å². The smallest absolute Gasteiger partial charge is 0.230 e. The van der Waals surface area contributed by atoms with E-state index in [2.05, 4.69) is 39.2 Å². The summed E-state index contributed by atoms with van der Waals surface area (Å²) in [7, 11) is 0. The average molecular weight is 365 g/mol. The normalized spacial score (nSPS) is 25.6. The zero-order valence-corrected chi connectivity index (χ0v) is 15.9. The second-order valence-corrected chi connectivity index (χ2v) is 8.54. The largest absolute Gasteiger partial charge is 0.361 e. The molecule has 142 valence electrons. The van der Waals surface area contributed by atoms with Crippen molar-refractivity contribution >= 4 is 5.91 Å². The van der Waals surface area contributed by atoms with Crippen molar-refractivity contribution in [1.82, 2.24) is 15.0 Å². The quantitative estimate of drug-likeness (QED) is 0.839. The molecular formula is C22H27N3O2. The summed E-state index contributed by atoms with van der Waals surface area (Å²) in [4.78, 5) is 17.8. The maximum atomic E-state index is 12.9. The Morgan fingerprint density at radius 1 is 1.11 bits per heavy atom. The first-order valence-corrected chi connectivity index (χ1v) is 10.2. The summed E-state index contributed by atoms with van der Waals surface area (Å²) in [5.74, 6) is 1.46. The number of fused-ring (bicyclic) bond motifs is 5. The fourth-order valence-corrected chi connectivity index (χ4v) is 5.27. The van der Waals surface area contributed by atoms with E-state index in [1.807, 2.05) is 13.0 Å². The Balaban J connectivity index is 1.28. The van der Waals surface area contributed by atoms with Crippen LogP contribution >= 0.6 is 0 Å². The lowest BCUT2D eigenvalue weighted by atomic mass is 9.94. The van der Waals surface area contributed by atoms with E-state index in [1.165, 1.54) is 17.5 Å². The van der Waals surface area contributed by atoms with Gasteiger partial charge in [-0.05, 0) is 49.7 Å². The minimum atomic E-state index is 0.192. The van der Waals surface area contributed by atoms with Crippen LogP contribution in [-0.4, -0.2) is 52.6 Å². The van der Waals surface area contributed by atoms with Crippen LogP contribution in [0.1, 0.15) is 35.4 Å². The number of carbonyl (C=O) groups excluding carboxylic acids is 1. The van der Waals surface area contributed by atoms with Crippen LogP contribution < -0.4 is 0 Å². The molecule has 0 unspecified atom stereocenters. The third kappa shape index (κ3) is 3.29. The molecule has 3 saturated heterocycles. The molecule has 3 aliphatic heterocycles. The highest BCUT2D eigenvalue weighted by molar-refractivity contribution is 5.78. The molecule has 4 heterocycles. The van der Waals surface area contributed by atoms with E-state index in [0.717, 1.165) is 44.6 Å². The third-order valence-electron chi connectivity index (χ3n) is 6.61. The van der Waals surface area contributed by atoms with E-state index in [1.54, 1.807) is 0 Å². The molecular weight excluding hydrogens is 338 g/mol. The van der Waals surface area contributed by atoms with Gasteiger partial charge in [0.1, 0.15) is 5.76 Å². The summed E-state index contributed by atoms with van der Waals surface area (Å²) in [5.41, 5.74) is 3.85. The van der Waals surface area contributed by atoms with Crippen LogP contribution in [0, 0.1) is 12.8 Å². The Kier molecular flexibility index (Phi) is 4.27. The number of nitrogens with zero attached hydrogens (tertiary/aromatic N) is 3. The van der Waals surface area contributed by atoms with E-state index < -0.39 is 0 Å². The number of rotatable bonds is 3. The van der Waals surface area contributed by atoms with Crippen LogP contribution in [0.15, 0.2) is 34.9 Å². The Hall–Kier alpha value is -2.14. The third-order valence-corrected chi connectivity index (χ3v) is 6.61. The molecule has 5 heteroatoms. The van der Waals surface area contributed by atoms with Crippen molar-refractivity contribution in [3.8, 4) is 0 Å². The molecule has 1 aliphatic carbocycles. The van der Waals surface area contributed by atoms with E-state index in [9.17, 15) is 4.79 Å². The number of piperidine rings is 1. The Bertz CT molecular complexity index is 821. The van der Waals surface area contributed by atoms with Crippen LogP contribution in [-0.2, 0) is 24.1 Å². The summed E-state index contributed by atoms with van der Waals surface area (Å²) in [6, 6.07) is 11.7. The molecule has 3 fully saturated rings. The van der Waals surface area contributed by atoms with Gasteiger partial charge in [0.2, 0.25) is 5.91 Å². The standard InChI is InChI=1S/C22H27N3O2/c1-15-8-21(27-23-15)11-22(26)25-13-16-6-7-19(25)14-24(12-16)20-9-17-4-2-3-5-18(17)10-20/h2-5,8,16,19-20H,6-7,9-14H2,1H3/t16-,19+/m0/s1. The maximum absolute atomic E-state index is 12.9. The molecule has 4 aliphatic rings. The molecule has 2 aromatic rings. The molecule has 1 aromatic heterocycles. The lowest BCUT2D eigenvalue weighted by molar-refractivity contribution is -0.134. The van der Waals surface area contributed by atoms with Crippen LogP contribution in [0.5, 0.6) is 0 Å². The van der Waals surface area contributed by atoms with Crippen molar-refractivity contribution < 1.29 is 9.32 Å². The van der Waals surface area contributed by atoms with Gasteiger partial charge in [0.05, 0.1) is 12.1 Å². The number of aromatic nitrogens is 1. The summed E-state index contributed by atoms with van der Waals surface area (Å²) >= 11 is 0. The van der Waals surface area contributed by atoms with Gasteiger partial charge in [-0.25, -0.2) is 0 Å². The van der Waals surface area contributed by atoms with Crippen LogP contribution in [0.25, 0.3) is 0 Å². The molecule has 2 atom stereocenters. The maximum Gasteiger partial charge on any atom is 0.230 e. The van der Waals surface area contributed by atoms with Gasteiger partial charge in [-0.3, -0.25) is 9.69 Å². The zero-order valence-electron chi connectivity index (χ0n) is 15.9. The SMILES string of the molecule is Cc1cc(CC(=O)N2C[C@H]3CC[C@@H]2CN(C2Cc4ccccc4C2)C3)on1. The first-order chi connectivity index (χ1) is 13.2. The number of benzene rings is 1. The van der Waals surface area contributed by atoms with E-state index >= 15 is 0 Å². The average Bonchev–Trinajstić information content (AvgIpc) is 3.16. The van der Waals surface area contributed by atoms with E-state index in [-0.39, 0.29) is 5.91 Å². The van der Waals surface area contributed by atoms with Crippen molar-refractivity contribution in [1.29, 1.82) is 0 Å². The molecule has 5 nitrogen and oxygen atoms in total. The lowest BCUT2D eigenvalue weighted by Crippen LogP contribution is -2.48. The van der Waals surface area contributed by atoms with Crippen molar-refractivity contribution in [2.45, 2.75) is 51.1 Å². The van der Waals surface area contributed by atoms with Crippen molar-refractivity contribution in [3.63, 3.8) is 0 Å². The van der Waals surface area contributed by atoms with Crippen molar-refractivity contribution in [2.24, 2.45) is 5.92 Å². The second-order valence-electron chi connectivity index (χ2n) is 8.54. The van der Waals surface area contributed by atoms with E-state index in [4.69, 9.17) is 4.52 Å². The molecule has 27 heavy (non-hydrogen) atoms. The number of hydrogen-bond donors (Lipinski definition) is 0. The molecule has 1 amide bonds. The van der Waals surface area contributed by atoms with Gasteiger partial charge in [0, 0.05) is 37.8 Å². The number of aryl methyl sites for hydroxylation is 1. The van der Waals surface area contributed by atoms with Gasteiger partial charge < -0.3 is 9.42 Å². The Morgan fingerprint density at radius 2 is 1.89 bits per heavy atom. The lowest BCUT2D eigenvalue weighted by Gasteiger charge is -2.36. The molecule has 0 saturated carbocycles. The van der Waals surface area contributed by atoms with Gasteiger partial charge in [0.15, 0.2) is 0 Å². The minimum absolute atomic E-state index is 0.192. The summed E-state index contributed by atoms with van der Waals surface area (Å²) in [6.45, 7) is 4.92. The predicted molar refractivity (Wildman–Crippen MR) is 102 cm³/mol. The Morgan fingerprint density at radius 3 is 2.59 bits per heavy atom. The fraction of sp³-hybridized carbons (Fsp3) is 0.545. The molecule has 6 rings (SSSR count). The minimum Gasteiger partial charge on any atom is -0.361 e. The number of hydrogen-bond acceptors (Lipinski definition) is 4. The van der Waals surface area contributed by atoms with Gasteiger partial charge in [-0.1, -0.05) is 29.4 Å². The van der Waals surface area contributed by atoms with Crippen molar-refractivity contribution in [2.75, 3.05) is 19.6 Å². The highest BCUT2D eigenvalue weighted by atomic mass is 16.5. The topological polar surface area (TPSA) is 49.6 Å². The van der Waals surface area contributed by atoms with Gasteiger partial charge >= 0.3 is 0 Å². The molecule has 0 N–H and O–H groups in total. The monoisotopic (exact) mass is 365 g/mol.